The number of anilines is 2. The van der Waals surface area contributed by atoms with E-state index in [9.17, 15) is 4.79 Å². The number of nitrogens with zero attached hydrogens (tertiary/aromatic N) is 1. The first-order valence-corrected chi connectivity index (χ1v) is 8.05. The zero-order chi connectivity index (χ0) is 16.2. The molecule has 23 heavy (non-hydrogen) atoms. The SMILES string of the molecule is COc1cccc(C(=O)Nc2cc(N3CCCC3)ccc2Cl)c1. The topological polar surface area (TPSA) is 41.6 Å². The van der Waals surface area contributed by atoms with E-state index in [-0.39, 0.29) is 5.91 Å². The van der Waals surface area contributed by atoms with E-state index in [0.29, 0.717) is 22.0 Å². The number of benzene rings is 2. The Kier molecular flexibility index (Phi) is 4.72. The predicted octanol–water partition coefficient (Wildman–Crippen LogP) is 4.20. The van der Waals surface area contributed by atoms with Gasteiger partial charge in [0.2, 0.25) is 0 Å². The van der Waals surface area contributed by atoms with Gasteiger partial charge < -0.3 is 15.0 Å². The summed E-state index contributed by atoms with van der Waals surface area (Å²) in [5.74, 6) is 0.443. The van der Waals surface area contributed by atoms with Crippen molar-refractivity contribution < 1.29 is 9.53 Å². The second kappa shape index (κ2) is 6.92. The Bertz CT molecular complexity index is 712. The number of hydrogen-bond donors (Lipinski definition) is 1. The highest BCUT2D eigenvalue weighted by atomic mass is 35.5. The minimum Gasteiger partial charge on any atom is -0.497 e. The third kappa shape index (κ3) is 3.59. The fourth-order valence-electron chi connectivity index (χ4n) is 2.74. The van der Waals surface area contributed by atoms with Crippen LogP contribution < -0.4 is 15.0 Å². The lowest BCUT2D eigenvalue weighted by Gasteiger charge is -2.19. The van der Waals surface area contributed by atoms with E-state index >= 15 is 0 Å². The van der Waals surface area contributed by atoms with E-state index in [1.165, 1.54) is 12.8 Å². The highest BCUT2D eigenvalue weighted by molar-refractivity contribution is 6.34. The minimum atomic E-state index is -0.204. The summed E-state index contributed by atoms with van der Waals surface area (Å²) in [7, 11) is 1.58. The van der Waals surface area contributed by atoms with Gasteiger partial charge in [-0.25, -0.2) is 0 Å². The molecule has 0 aromatic heterocycles. The quantitative estimate of drug-likeness (QED) is 0.913. The normalized spacial score (nSPS) is 13.9. The number of ether oxygens (including phenoxy) is 1. The maximum atomic E-state index is 12.4. The maximum Gasteiger partial charge on any atom is 0.255 e. The summed E-state index contributed by atoms with van der Waals surface area (Å²) in [5.41, 5.74) is 2.25. The number of rotatable bonds is 4. The lowest BCUT2D eigenvalue weighted by molar-refractivity contribution is 0.102. The van der Waals surface area contributed by atoms with Gasteiger partial charge in [0, 0.05) is 24.3 Å². The molecule has 5 heteroatoms. The van der Waals surface area contributed by atoms with Crippen molar-refractivity contribution in [1.82, 2.24) is 0 Å². The zero-order valence-electron chi connectivity index (χ0n) is 13.0. The van der Waals surface area contributed by atoms with Gasteiger partial charge in [-0.15, -0.1) is 0 Å². The van der Waals surface area contributed by atoms with Crippen molar-refractivity contribution in [2.45, 2.75) is 12.8 Å². The average molecular weight is 331 g/mol. The number of hydrogen-bond acceptors (Lipinski definition) is 3. The molecule has 4 nitrogen and oxygen atoms in total. The van der Waals surface area contributed by atoms with Crippen LogP contribution in [-0.2, 0) is 0 Å². The van der Waals surface area contributed by atoms with E-state index in [1.54, 1.807) is 31.4 Å². The summed E-state index contributed by atoms with van der Waals surface area (Å²) in [6.45, 7) is 2.09. The van der Waals surface area contributed by atoms with Gasteiger partial charge in [-0.3, -0.25) is 4.79 Å². The van der Waals surface area contributed by atoms with Crippen LogP contribution in [0.3, 0.4) is 0 Å². The molecular formula is C18H19ClN2O2. The minimum absolute atomic E-state index is 0.204. The molecule has 1 amide bonds. The maximum absolute atomic E-state index is 12.4. The Hall–Kier alpha value is -2.20. The highest BCUT2D eigenvalue weighted by Crippen LogP contribution is 2.30. The first-order valence-electron chi connectivity index (χ1n) is 7.67. The second-order valence-electron chi connectivity index (χ2n) is 5.54. The lowest BCUT2D eigenvalue weighted by atomic mass is 10.2. The second-order valence-corrected chi connectivity index (χ2v) is 5.95. The van der Waals surface area contributed by atoms with Crippen molar-refractivity contribution >= 4 is 28.9 Å². The first-order chi connectivity index (χ1) is 11.2. The molecule has 1 aliphatic rings. The Morgan fingerprint density at radius 3 is 2.70 bits per heavy atom. The van der Waals surface area contributed by atoms with E-state index in [0.717, 1.165) is 18.8 Å². The van der Waals surface area contributed by atoms with Crippen LogP contribution in [0.1, 0.15) is 23.2 Å². The third-order valence-electron chi connectivity index (χ3n) is 4.00. The molecule has 120 valence electrons. The molecule has 2 aromatic rings. The summed E-state index contributed by atoms with van der Waals surface area (Å²) in [5, 5.41) is 3.42. The van der Waals surface area contributed by atoms with E-state index in [1.807, 2.05) is 18.2 Å². The van der Waals surface area contributed by atoms with Crippen LogP contribution in [0.15, 0.2) is 42.5 Å². The number of amides is 1. The molecule has 0 atom stereocenters. The molecule has 1 saturated heterocycles. The first kappa shape index (κ1) is 15.7. The van der Waals surface area contributed by atoms with Gasteiger partial charge in [-0.1, -0.05) is 17.7 Å². The third-order valence-corrected chi connectivity index (χ3v) is 4.33. The Morgan fingerprint density at radius 1 is 1.17 bits per heavy atom. The highest BCUT2D eigenvalue weighted by Gasteiger charge is 2.15. The van der Waals surface area contributed by atoms with Gasteiger partial charge in [0.15, 0.2) is 0 Å². The van der Waals surface area contributed by atoms with Crippen molar-refractivity contribution in [1.29, 1.82) is 0 Å². The Morgan fingerprint density at radius 2 is 1.96 bits per heavy atom. The van der Waals surface area contributed by atoms with Gasteiger partial charge in [-0.05, 0) is 49.2 Å². The molecule has 1 N–H and O–H groups in total. The standard InChI is InChI=1S/C18H19ClN2O2/c1-23-15-6-4-5-13(11-15)18(22)20-17-12-14(7-8-16(17)19)21-9-2-3-10-21/h4-8,11-12H,2-3,9-10H2,1H3,(H,20,22). The van der Waals surface area contributed by atoms with E-state index < -0.39 is 0 Å². The summed E-state index contributed by atoms with van der Waals surface area (Å²) >= 11 is 6.24. The van der Waals surface area contributed by atoms with Crippen LogP contribution in [0.4, 0.5) is 11.4 Å². The molecule has 0 saturated carbocycles. The number of nitrogens with one attached hydrogen (secondary N) is 1. The van der Waals surface area contributed by atoms with Crippen molar-refractivity contribution in [3.05, 3.63) is 53.1 Å². The van der Waals surface area contributed by atoms with Gasteiger partial charge in [-0.2, -0.15) is 0 Å². The molecule has 2 aromatic carbocycles. The van der Waals surface area contributed by atoms with Crippen LogP contribution in [0.2, 0.25) is 5.02 Å². The van der Waals surface area contributed by atoms with Crippen molar-refractivity contribution in [2.75, 3.05) is 30.4 Å². The van der Waals surface area contributed by atoms with Crippen molar-refractivity contribution in [3.63, 3.8) is 0 Å². The zero-order valence-corrected chi connectivity index (χ0v) is 13.8. The molecule has 0 bridgehead atoms. The van der Waals surface area contributed by atoms with Gasteiger partial charge >= 0.3 is 0 Å². The van der Waals surface area contributed by atoms with E-state index in [2.05, 4.69) is 10.2 Å². The molecular weight excluding hydrogens is 312 g/mol. The molecule has 0 spiro atoms. The van der Waals surface area contributed by atoms with Gasteiger partial charge in [0.25, 0.3) is 5.91 Å². The predicted molar refractivity (Wildman–Crippen MR) is 93.8 cm³/mol. The molecule has 0 unspecified atom stereocenters. The van der Waals surface area contributed by atoms with Crippen molar-refractivity contribution in [2.24, 2.45) is 0 Å². The molecule has 1 heterocycles. The summed E-state index contributed by atoms with van der Waals surface area (Å²) in [6, 6.07) is 12.8. The number of carbonyl (C=O) groups is 1. The summed E-state index contributed by atoms with van der Waals surface area (Å²) in [4.78, 5) is 14.7. The van der Waals surface area contributed by atoms with Crippen LogP contribution in [-0.4, -0.2) is 26.1 Å². The van der Waals surface area contributed by atoms with Gasteiger partial charge in [0.1, 0.15) is 5.75 Å². The molecule has 1 fully saturated rings. The summed E-state index contributed by atoms with van der Waals surface area (Å²) in [6.07, 6.45) is 2.41. The van der Waals surface area contributed by atoms with Crippen LogP contribution in [0, 0.1) is 0 Å². The summed E-state index contributed by atoms with van der Waals surface area (Å²) < 4.78 is 5.15. The molecule has 0 radical (unpaired) electrons. The van der Waals surface area contributed by atoms with E-state index in [4.69, 9.17) is 16.3 Å². The average Bonchev–Trinajstić information content (AvgIpc) is 3.11. The number of carbonyl (C=O) groups excluding carboxylic acids is 1. The smallest absolute Gasteiger partial charge is 0.255 e. The number of methoxy groups -OCH3 is 1. The number of halogens is 1. The molecule has 0 aliphatic carbocycles. The van der Waals surface area contributed by atoms with Crippen LogP contribution in [0.25, 0.3) is 0 Å². The van der Waals surface area contributed by atoms with Gasteiger partial charge in [0.05, 0.1) is 17.8 Å². The lowest BCUT2D eigenvalue weighted by Crippen LogP contribution is -2.18. The largest absolute Gasteiger partial charge is 0.497 e. The van der Waals surface area contributed by atoms with Crippen LogP contribution in [0.5, 0.6) is 5.75 Å². The fourth-order valence-corrected chi connectivity index (χ4v) is 2.90. The van der Waals surface area contributed by atoms with Crippen LogP contribution >= 0.6 is 11.6 Å². The fraction of sp³-hybridized carbons (Fsp3) is 0.278. The molecule has 1 aliphatic heterocycles. The monoisotopic (exact) mass is 330 g/mol. The Labute approximate surface area is 141 Å². The Balaban J connectivity index is 1.80. The molecule has 3 rings (SSSR count). The van der Waals surface area contributed by atoms with Crippen molar-refractivity contribution in [3.8, 4) is 5.75 Å².